The summed E-state index contributed by atoms with van der Waals surface area (Å²) < 4.78 is 0. The SMILES string of the molecule is CCN(C(=O)c1ccc2[nH]ccc2c1)C1CNC1. The molecule has 1 saturated heterocycles. The van der Waals surface area contributed by atoms with Crippen molar-refractivity contribution in [2.24, 2.45) is 0 Å². The fraction of sp³-hybridized carbons (Fsp3) is 0.357. The van der Waals surface area contributed by atoms with Crippen molar-refractivity contribution in [3.63, 3.8) is 0 Å². The molecular weight excluding hydrogens is 226 g/mol. The maximum atomic E-state index is 12.5. The van der Waals surface area contributed by atoms with Gasteiger partial charge in [-0.05, 0) is 31.2 Å². The predicted octanol–water partition coefficient (Wildman–Crippen LogP) is 1.60. The molecule has 1 aromatic heterocycles. The van der Waals surface area contributed by atoms with Gasteiger partial charge in [0.1, 0.15) is 0 Å². The lowest BCUT2D eigenvalue weighted by molar-refractivity contribution is 0.0630. The Bertz CT molecular complexity index is 571. The zero-order valence-corrected chi connectivity index (χ0v) is 10.4. The summed E-state index contributed by atoms with van der Waals surface area (Å²) in [6.07, 6.45) is 1.90. The number of likely N-dealkylation sites (N-methyl/N-ethyl adjacent to an activating group) is 1. The number of nitrogens with one attached hydrogen (secondary N) is 2. The summed E-state index contributed by atoms with van der Waals surface area (Å²) in [5, 5.41) is 4.30. The second-order valence-corrected chi connectivity index (χ2v) is 4.68. The topological polar surface area (TPSA) is 48.1 Å². The van der Waals surface area contributed by atoms with E-state index in [0.717, 1.165) is 36.1 Å². The van der Waals surface area contributed by atoms with Crippen LogP contribution in [0.4, 0.5) is 0 Å². The lowest BCUT2D eigenvalue weighted by Gasteiger charge is -2.37. The Morgan fingerprint density at radius 1 is 1.39 bits per heavy atom. The van der Waals surface area contributed by atoms with E-state index >= 15 is 0 Å². The van der Waals surface area contributed by atoms with E-state index in [2.05, 4.69) is 10.3 Å². The number of carbonyl (C=O) groups excluding carboxylic acids is 1. The van der Waals surface area contributed by atoms with Crippen LogP contribution in [0, 0.1) is 0 Å². The van der Waals surface area contributed by atoms with Gasteiger partial charge >= 0.3 is 0 Å². The number of carbonyl (C=O) groups is 1. The maximum absolute atomic E-state index is 12.5. The van der Waals surface area contributed by atoms with Gasteiger partial charge in [-0.25, -0.2) is 0 Å². The average Bonchev–Trinajstić information content (AvgIpc) is 2.79. The van der Waals surface area contributed by atoms with E-state index in [1.54, 1.807) is 0 Å². The van der Waals surface area contributed by atoms with E-state index in [1.807, 2.05) is 42.3 Å². The Morgan fingerprint density at radius 3 is 2.89 bits per heavy atom. The highest BCUT2D eigenvalue weighted by Crippen LogP contribution is 2.17. The molecule has 0 bridgehead atoms. The number of amides is 1. The van der Waals surface area contributed by atoms with Crippen molar-refractivity contribution in [2.45, 2.75) is 13.0 Å². The molecule has 1 aliphatic rings. The molecule has 1 aliphatic heterocycles. The Hall–Kier alpha value is -1.81. The molecule has 4 nitrogen and oxygen atoms in total. The van der Waals surface area contributed by atoms with Crippen LogP contribution in [-0.2, 0) is 0 Å². The zero-order chi connectivity index (χ0) is 12.5. The van der Waals surface area contributed by atoms with E-state index in [0.29, 0.717) is 6.04 Å². The molecule has 18 heavy (non-hydrogen) atoms. The molecule has 0 atom stereocenters. The number of hydrogen-bond acceptors (Lipinski definition) is 2. The summed E-state index contributed by atoms with van der Waals surface area (Å²) in [6.45, 7) is 4.61. The highest BCUT2D eigenvalue weighted by Gasteiger charge is 2.27. The molecule has 4 heteroatoms. The van der Waals surface area contributed by atoms with Crippen molar-refractivity contribution in [1.29, 1.82) is 0 Å². The molecule has 3 rings (SSSR count). The minimum atomic E-state index is 0.132. The lowest BCUT2D eigenvalue weighted by atomic mass is 10.1. The summed E-state index contributed by atoms with van der Waals surface area (Å²) in [7, 11) is 0. The molecular formula is C14H17N3O. The van der Waals surface area contributed by atoms with Gasteiger partial charge in [0.05, 0.1) is 6.04 Å². The van der Waals surface area contributed by atoms with Crippen molar-refractivity contribution >= 4 is 16.8 Å². The van der Waals surface area contributed by atoms with Crippen molar-refractivity contribution < 1.29 is 4.79 Å². The zero-order valence-electron chi connectivity index (χ0n) is 10.4. The number of nitrogens with zero attached hydrogens (tertiary/aromatic N) is 1. The fourth-order valence-electron chi connectivity index (χ4n) is 2.41. The number of hydrogen-bond donors (Lipinski definition) is 2. The Kier molecular flexibility index (Phi) is 2.80. The average molecular weight is 243 g/mol. The van der Waals surface area contributed by atoms with Gasteiger partial charge in [0.2, 0.25) is 0 Å². The largest absolute Gasteiger partial charge is 0.361 e. The van der Waals surface area contributed by atoms with Crippen LogP contribution in [0.5, 0.6) is 0 Å². The van der Waals surface area contributed by atoms with E-state index in [4.69, 9.17) is 0 Å². The minimum absolute atomic E-state index is 0.132. The highest BCUT2D eigenvalue weighted by atomic mass is 16.2. The summed E-state index contributed by atoms with van der Waals surface area (Å²) >= 11 is 0. The standard InChI is InChI=1S/C14H17N3O/c1-2-17(12-8-15-9-12)14(18)11-3-4-13-10(7-11)5-6-16-13/h3-7,12,15-16H,2,8-9H2,1H3. The molecule has 94 valence electrons. The quantitative estimate of drug-likeness (QED) is 0.860. The van der Waals surface area contributed by atoms with Crippen LogP contribution in [0.2, 0.25) is 0 Å². The third-order valence-corrected chi connectivity index (χ3v) is 3.60. The van der Waals surface area contributed by atoms with Gasteiger partial charge in [-0.3, -0.25) is 4.79 Å². The molecule has 1 fully saturated rings. The smallest absolute Gasteiger partial charge is 0.254 e. The maximum Gasteiger partial charge on any atom is 0.254 e. The number of rotatable bonds is 3. The van der Waals surface area contributed by atoms with Gasteiger partial charge in [0.25, 0.3) is 5.91 Å². The molecule has 0 radical (unpaired) electrons. The highest BCUT2D eigenvalue weighted by molar-refractivity contribution is 5.98. The van der Waals surface area contributed by atoms with Crippen molar-refractivity contribution in [2.75, 3.05) is 19.6 Å². The lowest BCUT2D eigenvalue weighted by Crippen LogP contribution is -2.58. The van der Waals surface area contributed by atoms with Gasteiger partial charge in [0, 0.05) is 42.3 Å². The summed E-state index contributed by atoms with van der Waals surface area (Å²) in [6, 6.07) is 8.17. The van der Waals surface area contributed by atoms with E-state index in [-0.39, 0.29) is 5.91 Å². The second kappa shape index (κ2) is 4.46. The van der Waals surface area contributed by atoms with Crippen LogP contribution in [0.3, 0.4) is 0 Å². The Labute approximate surface area is 106 Å². The van der Waals surface area contributed by atoms with E-state index in [1.165, 1.54) is 0 Å². The van der Waals surface area contributed by atoms with E-state index < -0.39 is 0 Å². The van der Waals surface area contributed by atoms with Crippen LogP contribution in [0.15, 0.2) is 30.5 Å². The monoisotopic (exact) mass is 243 g/mol. The first kappa shape index (κ1) is 11.3. The van der Waals surface area contributed by atoms with Crippen LogP contribution in [-0.4, -0.2) is 41.5 Å². The molecule has 0 unspecified atom stereocenters. The van der Waals surface area contributed by atoms with Gasteiger partial charge in [-0.2, -0.15) is 0 Å². The van der Waals surface area contributed by atoms with Gasteiger partial charge in [-0.15, -0.1) is 0 Å². The first-order valence-corrected chi connectivity index (χ1v) is 6.38. The summed E-state index contributed by atoms with van der Waals surface area (Å²) in [4.78, 5) is 17.6. The molecule has 2 aromatic rings. The third kappa shape index (κ3) is 1.78. The number of aromatic nitrogens is 1. The van der Waals surface area contributed by atoms with Gasteiger partial charge in [-0.1, -0.05) is 0 Å². The molecule has 1 amide bonds. The van der Waals surface area contributed by atoms with Gasteiger partial charge < -0.3 is 15.2 Å². The second-order valence-electron chi connectivity index (χ2n) is 4.68. The van der Waals surface area contributed by atoms with Crippen LogP contribution >= 0.6 is 0 Å². The summed E-state index contributed by atoms with van der Waals surface area (Å²) in [5.74, 6) is 0.132. The minimum Gasteiger partial charge on any atom is -0.361 e. The molecule has 1 aromatic carbocycles. The molecule has 0 spiro atoms. The van der Waals surface area contributed by atoms with Crippen LogP contribution < -0.4 is 5.32 Å². The molecule has 2 N–H and O–H groups in total. The molecule has 0 aliphatic carbocycles. The van der Waals surface area contributed by atoms with Crippen LogP contribution in [0.25, 0.3) is 10.9 Å². The normalized spacial score (nSPS) is 15.6. The van der Waals surface area contributed by atoms with Crippen molar-refractivity contribution in [3.05, 3.63) is 36.0 Å². The predicted molar refractivity (Wildman–Crippen MR) is 71.7 cm³/mol. The first-order valence-electron chi connectivity index (χ1n) is 6.38. The first-order chi connectivity index (χ1) is 8.79. The van der Waals surface area contributed by atoms with Gasteiger partial charge in [0.15, 0.2) is 0 Å². The summed E-state index contributed by atoms with van der Waals surface area (Å²) in [5.41, 5.74) is 1.84. The fourth-order valence-corrected chi connectivity index (χ4v) is 2.41. The number of fused-ring (bicyclic) bond motifs is 1. The number of benzene rings is 1. The third-order valence-electron chi connectivity index (χ3n) is 3.60. The van der Waals surface area contributed by atoms with E-state index in [9.17, 15) is 4.79 Å². The number of aromatic amines is 1. The number of H-pyrrole nitrogens is 1. The van der Waals surface area contributed by atoms with Crippen molar-refractivity contribution in [3.8, 4) is 0 Å². The Balaban J connectivity index is 1.89. The van der Waals surface area contributed by atoms with Crippen molar-refractivity contribution in [1.82, 2.24) is 15.2 Å². The molecule has 2 heterocycles. The Morgan fingerprint density at radius 2 is 2.22 bits per heavy atom. The van der Waals surface area contributed by atoms with Crippen LogP contribution in [0.1, 0.15) is 17.3 Å². The molecule has 0 saturated carbocycles.